The van der Waals surface area contributed by atoms with Gasteiger partial charge in [0, 0.05) is 65.7 Å². The van der Waals surface area contributed by atoms with Crippen LogP contribution in [0.4, 0.5) is 9.18 Å². The lowest BCUT2D eigenvalue weighted by molar-refractivity contribution is -0.130. The number of halogens is 1. The van der Waals surface area contributed by atoms with E-state index >= 15 is 0 Å². The van der Waals surface area contributed by atoms with E-state index in [0.717, 1.165) is 44.6 Å². The largest absolute Gasteiger partial charge is 0.343 e. The van der Waals surface area contributed by atoms with E-state index < -0.39 is 0 Å². The third kappa shape index (κ3) is 3.84. The molecule has 7 heteroatoms. The van der Waals surface area contributed by atoms with E-state index in [1.807, 2.05) is 15.9 Å². The predicted molar refractivity (Wildman–Crippen MR) is 109 cm³/mol. The zero-order valence-corrected chi connectivity index (χ0v) is 17.6. The number of piperidine rings is 1. The number of nitrogens with zero attached hydrogens (tertiary/aromatic N) is 4. The van der Waals surface area contributed by atoms with Gasteiger partial charge in [0.2, 0.25) is 5.91 Å². The maximum atomic E-state index is 14.0. The van der Waals surface area contributed by atoms with Crippen molar-refractivity contribution in [1.29, 1.82) is 0 Å². The van der Waals surface area contributed by atoms with Gasteiger partial charge >= 0.3 is 6.03 Å². The van der Waals surface area contributed by atoms with Gasteiger partial charge in [-0.1, -0.05) is 12.1 Å². The minimum atomic E-state index is -0.255. The van der Waals surface area contributed by atoms with E-state index in [4.69, 9.17) is 0 Å². The van der Waals surface area contributed by atoms with E-state index in [1.165, 1.54) is 6.07 Å². The molecule has 3 heterocycles. The van der Waals surface area contributed by atoms with Crippen LogP contribution in [0.1, 0.15) is 31.4 Å². The summed E-state index contributed by atoms with van der Waals surface area (Å²) in [7, 11) is 3.54. The van der Waals surface area contributed by atoms with E-state index in [9.17, 15) is 14.0 Å². The Hall–Kier alpha value is -2.15. The van der Waals surface area contributed by atoms with Crippen LogP contribution in [0.2, 0.25) is 0 Å². The first-order valence-corrected chi connectivity index (χ1v) is 10.6. The molecule has 0 bridgehead atoms. The third-order valence-corrected chi connectivity index (χ3v) is 6.94. The van der Waals surface area contributed by atoms with Crippen LogP contribution < -0.4 is 0 Å². The summed E-state index contributed by atoms with van der Waals surface area (Å²) in [6.45, 7) is 5.90. The summed E-state index contributed by atoms with van der Waals surface area (Å²) in [4.78, 5) is 32.5. The Kier molecular flexibility index (Phi) is 5.51. The van der Waals surface area contributed by atoms with Gasteiger partial charge in [-0.25, -0.2) is 9.18 Å². The Morgan fingerprint density at radius 3 is 2.45 bits per heavy atom. The van der Waals surface area contributed by atoms with Crippen molar-refractivity contribution in [3.05, 3.63) is 35.6 Å². The van der Waals surface area contributed by atoms with Crippen LogP contribution in [-0.4, -0.2) is 84.4 Å². The number of carbonyl (C=O) groups is 2. The second kappa shape index (κ2) is 7.94. The molecule has 158 valence electrons. The summed E-state index contributed by atoms with van der Waals surface area (Å²) in [6.07, 6.45) is 2.01. The van der Waals surface area contributed by atoms with Gasteiger partial charge in [-0.15, -0.1) is 0 Å². The van der Waals surface area contributed by atoms with Crippen molar-refractivity contribution in [2.75, 3.05) is 46.8 Å². The number of amides is 3. The fraction of sp³-hybridized carbons (Fsp3) is 0.636. The number of hydrogen-bond donors (Lipinski definition) is 0. The molecule has 3 fully saturated rings. The molecule has 3 amide bonds. The zero-order chi connectivity index (χ0) is 20.7. The Morgan fingerprint density at radius 1 is 1.10 bits per heavy atom. The number of hydrogen-bond acceptors (Lipinski definition) is 3. The summed E-state index contributed by atoms with van der Waals surface area (Å²) in [5.74, 6) is 0.616. The van der Waals surface area contributed by atoms with Crippen LogP contribution in [0.3, 0.4) is 0 Å². The van der Waals surface area contributed by atoms with Gasteiger partial charge in [-0.05, 0) is 36.5 Å². The van der Waals surface area contributed by atoms with Crippen molar-refractivity contribution in [2.45, 2.75) is 31.8 Å². The van der Waals surface area contributed by atoms with Crippen LogP contribution in [0, 0.1) is 17.7 Å². The van der Waals surface area contributed by atoms with Gasteiger partial charge in [0.05, 0.1) is 6.04 Å². The van der Waals surface area contributed by atoms with Crippen molar-refractivity contribution < 1.29 is 14.0 Å². The lowest BCUT2D eigenvalue weighted by Gasteiger charge is -2.38. The molecular formula is C22H31FN4O2. The third-order valence-electron chi connectivity index (χ3n) is 6.94. The Balaban J connectivity index is 1.52. The molecule has 3 aliphatic rings. The average molecular weight is 403 g/mol. The molecule has 0 aromatic heterocycles. The molecule has 4 rings (SSSR count). The van der Waals surface area contributed by atoms with Crippen LogP contribution in [0.5, 0.6) is 0 Å². The SMILES string of the molecule is CC(=O)N1CCC(N2C[C@@H]3CN(C(=O)N(C)C)[C@@H](c4cccc(F)c4)[C@@H]3C2)CC1. The summed E-state index contributed by atoms with van der Waals surface area (Å²) < 4.78 is 14.0. The maximum Gasteiger partial charge on any atom is 0.320 e. The Morgan fingerprint density at radius 2 is 1.83 bits per heavy atom. The lowest BCUT2D eigenvalue weighted by Crippen LogP contribution is -2.47. The molecule has 6 nitrogen and oxygen atoms in total. The molecule has 3 saturated heterocycles. The van der Waals surface area contributed by atoms with E-state index in [0.29, 0.717) is 24.4 Å². The van der Waals surface area contributed by atoms with Crippen molar-refractivity contribution in [3.63, 3.8) is 0 Å². The van der Waals surface area contributed by atoms with Crippen LogP contribution in [0.25, 0.3) is 0 Å². The quantitative estimate of drug-likeness (QED) is 0.763. The molecule has 0 aliphatic carbocycles. The minimum absolute atomic E-state index is 0.00465. The van der Waals surface area contributed by atoms with Crippen molar-refractivity contribution in [2.24, 2.45) is 11.8 Å². The minimum Gasteiger partial charge on any atom is -0.343 e. The molecule has 1 aromatic rings. The second-order valence-corrected chi connectivity index (χ2v) is 8.94. The fourth-order valence-corrected chi connectivity index (χ4v) is 5.49. The van der Waals surface area contributed by atoms with Crippen molar-refractivity contribution in [1.82, 2.24) is 19.6 Å². The van der Waals surface area contributed by atoms with Crippen LogP contribution in [0.15, 0.2) is 24.3 Å². The van der Waals surface area contributed by atoms with Gasteiger partial charge in [-0.2, -0.15) is 0 Å². The van der Waals surface area contributed by atoms with E-state index in [2.05, 4.69) is 4.90 Å². The number of benzene rings is 1. The first kappa shape index (κ1) is 20.1. The average Bonchev–Trinajstić information content (AvgIpc) is 3.25. The molecule has 0 saturated carbocycles. The topological polar surface area (TPSA) is 47.1 Å². The maximum absolute atomic E-state index is 14.0. The molecule has 0 unspecified atom stereocenters. The van der Waals surface area contributed by atoms with Crippen molar-refractivity contribution >= 4 is 11.9 Å². The first-order chi connectivity index (χ1) is 13.8. The number of fused-ring (bicyclic) bond motifs is 1. The predicted octanol–water partition coefficient (Wildman–Crippen LogP) is 2.42. The Labute approximate surface area is 172 Å². The van der Waals surface area contributed by atoms with Gasteiger partial charge in [0.1, 0.15) is 5.82 Å². The molecule has 0 N–H and O–H groups in total. The molecule has 0 spiro atoms. The summed E-state index contributed by atoms with van der Waals surface area (Å²) in [6, 6.07) is 7.11. The molecule has 1 aromatic carbocycles. The number of urea groups is 1. The van der Waals surface area contributed by atoms with E-state index in [-0.39, 0.29) is 23.8 Å². The highest BCUT2D eigenvalue weighted by Crippen LogP contribution is 2.46. The number of rotatable bonds is 2. The summed E-state index contributed by atoms with van der Waals surface area (Å²) >= 11 is 0. The van der Waals surface area contributed by atoms with Gasteiger partial charge in [0.15, 0.2) is 0 Å². The molecule has 3 atom stereocenters. The molecule has 0 radical (unpaired) electrons. The lowest BCUT2D eigenvalue weighted by atomic mass is 9.89. The standard InChI is InChI=1S/C22H31FN4O2/c1-15(28)25-9-7-19(8-10-25)26-12-17-13-27(22(29)24(2)3)21(20(17)14-26)16-5-4-6-18(23)11-16/h4-6,11,17,19-21H,7-10,12-14H2,1-3H3/t17-,20-,21+/m1/s1. The molecule has 29 heavy (non-hydrogen) atoms. The highest BCUT2D eigenvalue weighted by Gasteiger charge is 2.50. The van der Waals surface area contributed by atoms with Gasteiger partial charge < -0.3 is 14.7 Å². The van der Waals surface area contributed by atoms with Crippen LogP contribution >= 0.6 is 0 Å². The van der Waals surface area contributed by atoms with Gasteiger partial charge in [-0.3, -0.25) is 9.69 Å². The smallest absolute Gasteiger partial charge is 0.320 e. The van der Waals surface area contributed by atoms with Crippen LogP contribution in [-0.2, 0) is 4.79 Å². The number of carbonyl (C=O) groups excluding carboxylic acids is 2. The Bertz CT molecular complexity index is 778. The second-order valence-electron chi connectivity index (χ2n) is 8.94. The van der Waals surface area contributed by atoms with Crippen molar-refractivity contribution in [3.8, 4) is 0 Å². The fourth-order valence-electron chi connectivity index (χ4n) is 5.49. The summed E-state index contributed by atoms with van der Waals surface area (Å²) in [5, 5.41) is 0. The first-order valence-electron chi connectivity index (χ1n) is 10.6. The van der Waals surface area contributed by atoms with E-state index in [1.54, 1.807) is 38.1 Å². The normalized spacial score (nSPS) is 27.9. The zero-order valence-electron chi connectivity index (χ0n) is 17.6. The van der Waals surface area contributed by atoms with Gasteiger partial charge in [0.25, 0.3) is 0 Å². The monoisotopic (exact) mass is 402 g/mol. The summed E-state index contributed by atoms with van der Waals surface area (Å²) in [5.41, 5.74) is 0.890. The highest BCUT2D eigenvalue weighted by atomic mass is 19.1. The molecule has 3 aliphatic heterocycles. The number of likely N-dealkylation sites (tertiary alicyclic amines) is 3. The molecular weight excluding hydrogens is 371 g/mol. The highest BCUT2D eigenvalue weighted by molar-refractivity contribution is 5.75.